The van der Waals surface area contributed by atoms with E-state index in [2.05, 4.69) is 77.9 Å². The Morgan fingerprint density at radius 1 is 0.714 bits per heavy atom. The van der Waals surface area contributed by atoms with Crippen molar-refractivity contribution in [1.29, 1.82) is 0 Å². The minimum Gasteiger partial charge on any atom is -0.398 e. The molecule has 2 aromatic carbocycles. The fourth-order valence-corrected chi connectivity index (χ4v) is 2.94. The molecule has 112 valence electrons. The number of anilines is 1. The minimum atomic E-state index is 0.0104. The van der Waals surface area contributed by atoms with Gasteiger partial charge in [0.05, 0.1) is 0 Å². The van der Waals surface area contributed by atoms with Gasteiger partial charge in [-0.15, -0.1) is 0 Å². The fraction of sp³-hybridized carbons (Fsp3) is 0.400. The maximum atomic E-state index is 6.59. The molecule has 0 unspecified atom stereocenters. The van der Waals surface area contributed by atoms with Crippen LogP contribution in [0, 0.1) is 0 Å². The summed E-state index contributed by atoms with van der Waals surface area (Å²) < 4.78 is 0. The van der Waals surface area contributed by atoms with Crippen molar-refractivity contribution in [3.8, 4) is 11.1 Å². The molecule has 1 nitrogen and oxygen atoms in total. The van der Waals surface area contributed by atoms with E-state index in [9.17, 15) is 0 Å². The Kier molecular flexibility index (Phi) is 3.88. The molecule has 0 aliphatic carbocycles. The van der Waals surface area contributed by atoms with Crippen LogP contribution >= 0.6 is 0 Å². The molecule has 0 bridgehead atoms. The normalized spacial score (nSPS) is 12.5. The maximum absolute atomic E-state index is 6.59. The fourth-order valence-electron chi connectivity index (χ4n) is 2.94. The Hall–Kier alpha value is -1.76. The van der Waals surface area contributed by atoms with Crippen LogP contribution in [0.15, 0.2) is 42.5 Å². The molecule has 0 spiro atoms. The van der Waals surface area contributed by atoms with E-state index in [4.69, 9.17) is 5.73 Å². The highest BCUT2D eigenvalue weighted by Gasteiger charge is 2.27. The van der Waals surface area contributed by atoms with Crippen LogP contribution in [0.25, 0.3) is 11.1 Å². The van der Waals surface area contributed by atoms with Gasteiger partial charge >= 0.3 is 0 Å². The Morgan fingerprint density at radius 2 is 1.29 bits per heavy atom. The van der Waals surface area contributed by atoms with Gasteiger partial charge < -0.3 is 5.73 Å². The zero-order valence-corrected chi connectivity index (χ0v) is 14.1. The summed E-state index contributed by atoms with van der Waals surface area (Å²) in [6.45, 7) is 13.3. The van der Waals surface area contributed by atoms with E-state index in [0.717, 1.165) is 5.69 Å². The molecule has 0 amide bonds. The van der Waals surface area contributed by atoms with Crippen LogP contribution in [0.4, 0.5) is 5.69 Å². The van der Waals surface area contributed by atoms with Crippen molar-refractivity contribution < 1.29 is 0 Å². The number of hydrogen-bond donors (Lipinski definition) is 1. The van der Waals surface area contributed by atoms with Crippen molar-refractivity contribution in [2.24, 2.45) is 0 Å². The van der Waals surface area contributed by atoms with Crippen molar-refractivity contribution in [2.45, 2.75) is 52.4 Å². The van der Waals surface area contributed by atoms with E-state index < -0.39 is 0 Å². The lowest BCUT2D eigenvalue weighted by Gasteiger charge is -2.30. The van der Waals surface area contributed by atoms with Crippen LogP contribution in [-0.4, -0.2) is 0 Å². The summed E-state index contributed by atoms with van der Waals surface area (Å²) in [6.07, 6.45) is 0. The van der Waals surface area contributed by atoms with Gasteiger partial charge in [0.15, 0.2) is 0 Å². The molecule has 0 saturated heterocycles. The average molecular weight is 281 g/mol. The van der Waals surface area contributed by atoms with Gasteiger partial charge in [-0.25, -0.2) is 0 Å². The largest absolute Gasteiger partial charge is 0.398 e. The molecule has 21 heavy (non-hydrogen) atoms. The molecule has 0 aliphatic rings. The van der Waals surface area contributed by atoms with E-state index in [1.54, 1.807) is 0 Å². The van der Waals surface area contributed by atoms with Gasteiger partial charge in [-0.1, -0.05) is 84.0 Å². The lowest BCUT2D eigenvalue weighted by molar-refractivity contribution is 0.574. The molecule has 0 fully saturated rings. The third-order valence-electron chi connectivity index (χ3n) is 3.89. The maximum Gasteiger partial charge on any atom is 0.0396 e. The second-order valence-electron chi connectivity index (χ2n) is 7.82. The summed E-state index contributed by atoms with van der Waals surface area (Å²) in [6, 6.07) is 14.9. The summed E-state index contributed by atoms with van der Waals surface area (Å²) in [5.74, 6) is 0. The van der Waals surface area contributed by atoms with Gasteiger partial charge in [0.1, 0.15) is 0 Å². The van der Waals surface area contributed by atoms with Gasteiger partial charge in [0, 0.05) is 5.69 Å². The second kappa shape index (κ2) is 5.22. The Bertz CT molecular complexity index is 625. The summed E-state index contributed by atoms with van der Waals surface area (Å²) in [4.78, 5) is 0. The van der Waals surface area contributed by atoms with E-state index in [1.807, 2.05) is 6.07 Å². The highest BCUT2D eigenvalue weighted by Crippen LogP contribution is 2.41. The molecule has 0 radical (unpaired) electrons. The molecule has 0 heterocycles. The van der Waals surface area contributed by atoms with E-state index in [1.165, 1.54) is 22.3 Å². The third kappa shape index (κ3) is 3.12. The SMILES string of the molecule is CC(C)(C)c1ccc(-c2ccccc2)c(C(C)(C)C)c1N. The minimum absolute atomic E-state index is 0.0104. The molecule has 2 aromatic rings. The zero-order valence-electron chi connectivity index (χ0n) is 14.1. The highest BCUT2D eigenvalue weighted by atomic mass is 14.6. The number of benzene rings is 2. The predicted molar refractivity (Wildman–Crippen MR) is 93.7 cm³/mol. The lowest BCUT2D eigenvalue weighted by Crippen LogP contribution is -2.21. The molecule has 1 heteroatoms. The van der Waals surface area contributed by atoms with Crippen molar-refractivity contribution >= 4 is 5.69 Å². The molecule has 0 aromatic heterocycles. The molecular formula is C20H27N. The highest BCUT2D eigenvalue weighted by molar-refractivity contribution is 5.77. The number of nitrogens with two attached hydrogens (primary N) is 1. The van der Waals surface area contributed by atoms with E-state index in [-0.39, 0.29) is 10.8 Å². The third-order valence-corrected chi connectivity index (χ3v) is 3.89. The van der Waals surface area contributed by atoms with Crippen LogP contribution in [-0.2, 0) is 10.8 Å². The monoisotopic (exact) mass is 281 g/mol. The molecule has 0 aliphatic heterocycles. The topological polar surface area (TPSA) is 26.0 Å². The number of hydrogen-bond acceptors (Lipinski definition) is 1. The van der Waals surface area contributed by atoms with Gasteiger partial charge in [-0.05, 0) is 33.1 Å². The first kappa shape index (κ1) is 15.6. The van der Waals surface area contributed by atoms with E-state index in [0.29, 0.717) is 0 Å². The average Bonchev–Trinajstić information content (AvgIpc) is 2.36. The number of nitrogen functional groups attached to an aromatic ring is 1. The Labute approximate surface area is 129 Å². The van der Waals surface area contributed by atoms with Crippen molar-refractivity contribution in [3.63, 3.8) is 0 Å². The first-order valence-corrected chi connectivity index (χ1v) is 7.61. The van der Waals surface area contributed by atoms with Gasteiger partial charge in [-0.2, -0.15) is 0 Å². The first-order valence-electron chi connectivity index (χ1n) is 7.61. The molecule has 0 atom stereocenters. The van der Waals surface area contributed by atoms with Gasteiger partial charge in [0.25, 0.3) is 0 Å². The zero-order chi connectivity index (χ0) is 15.8. The molecule has 2 rings (SSSR count). The Balaban J connectivity index is 2.77. The molecular weight excluding hydrogens is 254 g/mol. The predicted octanol–water partition coefficient (Wildman–Crippen LogP) is 5.53. The first-order chi connectivity index (χ1) is 9.62. The summed E-state index contributed by atoms with van der Waals surface area (Å²) in [5, 5.41) is 0. The summed E-state index contributed by atoms with van der Waals surface area (Å²) >= 11 is 0. The van der Waals surface area contributed by atoms with Crippen LogP contribution < -0.4 is 5.73 Å². The number of rotatable bonds is 1. The van der Waals surface area contributed by atoms with Crippen LogP contribution in [0.1, 0.15) is 52.7 Å². The van der Waals surface area contributed by atoms with E-state index >= 15 is 0 Å². The van der Waals surface area contributed by atoms with Crippen molar-refractivity contribution in [2.75, 3.05) is 5.73 Å². The van der Waals surface area contributed by atoms with Gasteiger partial charge in [0.2, 0.25) is 0 Å². The van der Waals surface area contributed by atoms with Gasteiger partial charge in [-0.3, -0.25) is 0 Å². The Morgan fingerprint density at radius 3 is 1.76 bits per heavy atom. The standard InChI is InChI=1S/C20H27N/c1-19(2,3)16-13-12-15(14-10-8-7-9-11-14)17(18(16)21)20(4,5)6/h7-13H,21H2,1-6H3. The lowest BCUT2D eigenvalue weighted by atomic mass is 9.75. The second-order valence-corrected chi connectivity index (χ2v) is 7.82. The van der Waals surface area contributed by atoms with Crippen LogP contribution in [0.2, 0.25) is 0 Å². The van der Waals surface area contributed by atoms with Crippen molar-refractivity contribution in [3.05, 3.63) is 53.6 Å². The van der Waals surface area contributed by atoms with Crippen LogP contribution in [0.3, 0.4) is 0 Å². The van der Waals surface area contributed by atoms with Crippen LogP contribution in [0.5, 0.6) is 0 Å². The summed E-state index contributed by atoms with van der Waals surface area (Å²) in [5.41, 5.74) is 12.6. The van der Waals surface area contributed by atoms with Crippen molar-refractivity contribution in [1.82, 2.24) is 0 Å². The summed E-state index contributed by atoms with van der Waals surface area (Å²) in [7, 11) is 0. The molecule has 0 saturated carbocycles. The quantitative estimate of drug-likeness (QED) is 0.683. The molecule has 2 N–H and O–H groups in total. The smallest absolute Gasteiger partial charge is 0.0396 e.